The Hall–Kier alpha value is -1.44. The molecule has 0 aromatic carbocycles. The molecule has 0 bridgehead atoms. The normalized spacial score (nSPS) is 21.3. The summed E-state index contributed by atoms with van der Waals surface area (Å²) in [5.74, 6) is -0.996. The molecule has 1 saturated carbocycles. The maximum atomic E-state index is 12.3. The second-order valence-electron chi connectivity index (χ2n) is 7.43. The van der Waals surface area contributed by atoms with Crippen molar-refractivity contribution >= 4 is 23.2 Å². The zero-order chi connectivity index (χ0) is 18.4. The van der Waals surface area contributed by atoms with E-state index < -0.39 is 11.8 Å². The fraction of sp³-hybridized carbons (Fsp3) is 0.684. The third-order valence-electron chi connectivity index (χ3n) is 5.51. The first-order valence-corrected chi connectivity index (χ1v) is 10.6. The topological polar surface area (TPSA) is 64.7 Å². The van der Waals surface area contributed by atoms with Gasteiger partial charge in [0.15, 0.2) is 0 Å². The minimum absolute atomic E-state index is 0.126. The Morgan fingerprint density at radius 3 is 2.54 bits per heavy atom. The van der Waals surface area contributed by atoms with Crippen molar-refractivity contribution in [3.8, 4) is 0 Å². The van der Waals surface area contributed by atoms with Crippen molar-refractivity contribution in [2.75, 3.05) is 39.8 Å². The Labute approximate surface area is 159 Å². The Morgan fingerprint density at radius 2 is 1.88 bits per heavy atom. The van der Waals surface area contributed by atoms with E-state index in [0.717, 1.165) is 51.9 Å². The van der Waals surface area contributed by atoms with E-state index in [4.69, 9.17) is 0 Å². The van der Waals surface area contributed by atoms with Gasteiger partial charge in [-0.15, -0.1) is 0 Å². The van der Waals surface area contributed by atoms with E-state index in [0.29, 0.717) is 6.54 Å². The number of likely N-dealkylation sites (N-methyl/N-ethyl adjacent to an activating group) is 1. The molecule has 1 saturated heterocycles. The van der Waals surface area contributed by atoms with E-state index in [-0.39, 0.29) is 12.1 Å². The summed E-state index contributed by atoms with van der Waals surface area (Å²) in [4.78, 5) is 29.2. The molecule has 2 fully saturated rings. The zero-order valence-electron chi connectivity index (χ0n) is 15.6. The van der Waals surface area contributed by atoms with Crippen LogP contribution in [0.15, 0.2) is 16.8 Å². The van der Waals surface area contributed by atoms with Crippen molar-refractivity contribution in [3.63, 3.8) is 0 Å². The van der Waals surface area contributed by atoms with E-state index in [1.807, 2.05) is 0 Å². The Balaban J connectivity index is 1.53. The van der Waals surface area contributed by atoms with Crippen LogP contribution in [0.2, 0.25) is 0 Å². The first-order chi connectivity index (χ1) is 12.6. The summed E-state index contributed by atoms with van der Waals surface area (Å²) in [6, 6.07) is 2.40. The van der Waals surface area contributed by atoms with Crippen LogP contribution >= 0.6 is 11.3 Å². The van der Waals surface area contributed by atoms with Crippen LogP contribution in [0.4, 0.5) is 0 Å². The van der Waals surface area contributed by atoms with E-state index in [9.17, 15) is 9.59 Å². The van der Waals surface area contributed by atoms with E-state index in [1.54, 1.807) is 11.3 Å². The smallest absolute Gasteiger partial charge is 0.309 e. The van der Waals surface area contributed by atoms with Crippen LogP contribution in [-0.4, -0.2) is 67.4 Å². The highest BCUT2D eigenvalue weighted by molar-refractivity contribution is 7.07. The van der Waals surface area contributed by atoms with Gasteiger partial charge in [0, 0.05) is 38.8 Å². The third-order valence-corrected chi connectivity index (χ3v) is 6.21. The van der Waals surface area contributed by atoms with Crippen LogP contribution in [-0.2, 0) is 9.59 Å². The number of carbonyl (C=O) groups is 2. The second-order valence-corrected chi connectivity index (χ2v) is 8.21. The highest BCUT2D eigenvalue weighted by Crippen LogP contribution is 2.23. The predicted octanol–water partition coefficient (Wildman–Crippen LogP) is 1.60. The lowest BCUT2D eigenvalue weighted by Crippen LogP contribution is -2.50. The average Bonchev–Trinajstić information content (AvgIpc) is 3.18. The fourth-order valence-electron chi connectivity index (χ4n) is 3.82. The van der Waals surface area contributed by atoms with Gasteiger partial charge in [-0.25, -0.2) is 0 Å². The van der Waals surface area contributed by atoms with Gasteiger partial charge in [0.05, 0.1) is 6.04 Å². The van der Waals surface area contributed by atoms with Crippen LogP contribution in [0, 0.1) is 0 Å². The molecule has 6 nitrogen and oxygen atoms in total. The summed E-state index contributed by atoms with van der Waals surface area (Å²) in [6.45, 7) is 4.47. The molecule has 2 aliphatic rings. The number of amides is 2. The molecule has 2 amide bonds. The summed E-state index contributed by atoms with van der Waals surface area (Å²) in [5, 5.41) is 9.96. The Bertz CT molecular complexity index is 578. The van der Waals surface area contributed by atoms with Crippen molar-refractivity contribution in [3.05, 3.63) is 22.4 Å². The maximum absolute atomic E-state index is 12.3. The molecule has 3 rings (SSSR count). The standard InChI is InChI=1S/C19H30N4O2S/c1-22-8-10-23(11-9-22)17(15-7-12-26-14-15)13-20-18(24)19(25)21-16-5-3-2-4-6-16/h7,12,14,16-17H,2-6,8-11,13H2,1H3,(H,20,24)(H,21,25). The molecule has 0 radical (unpaired) electrons. The monoisotopic (exact) mass is 378 g/mol. The summed E-state index contributed by atoms with van der Waals surface area (Å²) in [5.41, 5.74) is 1.22. The van der Waals surface area contributed by atoms with Crippen LogP contribution in [0.25, 0.3) is 0 Å². The predicted molar refractivity (Wildman–Crippen MR) is 104 cm³/mol. The largest absolute Gasteiger partial charge is 0.346 e. The molecule has 1 aromatic heterocycles. The number of nitrogens with zero attached hydrogens (tertiary/aromatic N) is 2. The van der Waals surface area contributed by atoms with Crippen molar-refractivity contribution < 1.29 is 9.59 Å². The van der Waals surface area contributed by atoms with Gasteiger partial charge in [-0.05, 0) is 42.3 Å². The molecule has 1 atom stereocenters. The summed E-state index contributed by atoms with van der Waals surface area (Å²) >= 11 is 1.67. The quantitative estimate of drug-likeness (QED) is 0.764. The highest BCUT2D eigenvalue weighted by Gasteiger charge is 2.26. The molecule has 1 unspecified atom stereocenters. The van der Waals surface area contributed by atoms with Crippen molar-refractivity contribution in [2.45, 2.75) is 44.2 Å². The van der Waals surface area contributed by atoms with Gasteiger partial charge in [-0.2, -0.15) is 11.3 Å². The average molecular weight is 379 g/mol. The van der Waals surface area contributed by atoms with E-state index in [1.165, 1.54) is 12.0 Å². The third kappa shape index (κ3) is 5.28. The Morgan fingerprint density at radius 1 is 1.15 bits per heavy atom. The number of piperazine rings is 1. The zero-order valence-corrected chi connectivity index (χ0v) is 16.4. The molecule has 1 aliphatic heterocycles. The van der Waals surface area contributed by atoms with Crippen LogP contribution in [0.1, 0.15) is 43.7 Å². The lowest BCUT2D eigenvalue weighted by atomic mass is 9.95. The summed E-state index contributed by atoms with van der Waals surface area (Å²) in [7, 11) is 2.13. The van der Waals surface area contributed by atoms with Gasteiger partial charge in [-0.3, -0.25) is 14.5 Å². The molecule has 1 aromatic rings. The van der Waals surface area contributed by atoms with E-state index in [2.05, 4.69) is 44.3 Å². The van der Waals surface area contributed by atoms with E-state index >= 15 is 0 Å². The fourth-order valence-corrected chi connectivity index (χ4v) is 4.53. The van der Waals surface area contributed by atoms with Crippen molar-refractivity contribution in [1.29, 1.82) is 0 Å². The summed E-state index contributed by atoms with van der Waals surface area (Å²) < 4.78 is 0. The molecule has 144 valence electrons. The van der Waals surface area contributed by atoms with Crippen LogP contribution in [0.3, 0.4) is 0 Å². The number of carbonyl (C=O) groups excluding carboxylic acids is 2. The number of hydrogen-bond acceptors (Lipinski definition) is 5. The van der Waals surface area contributed by atoms with Gasteiger partial charge < -0.3 is 15.5 Å². The molecule has 0 spiro atoms. The highest BCUT2D eigenvalue weighted by atomic mass is 32.1. The Kier molecular flexibility index (Phi) is 7.05. The molecule has 1 aliphatic carbocycles. The second kappa shape index (κ2) is 9.48. The molecular weight excluding hydrogens is 348 g/mol. The van der Waals surface area contributed by atoms with Gasteiger partial charge in [0.25, 0.3) is 0 Å². The van der Waals surface area contributed by atoms with Crippen LogP contribution < -0.4 is 10.6 Å². The van der Waals surface area contributed by atoms with Gasteiger partial charge in [0.1, 0.15) is 0 Å². The van der Waals surface area contributed by atoms with Gasteiger partial charge >= 0.3 is 11.8 Å². The molecule has 26 heavy (non-hydrogen) atoms. The number of hydrogen-bond donors (Lipinski definition) is 2. The van der Waals surface area contributed by atoms with Gasteiger partial charge in [-0.1, -0.05) is 19.3 Å². The molecule has 2 N–H and O–H groups in total. The van der Waals surface area contributed by atoms with Crippen LogP contribution in [0.5, 0.6) is 0 Å². The molecule has 7 heteroatoms. The van der Waals surface area contributed by atoms with Crippen molar-refractivity contribution in [2.24, 2.45) is 0 Å². The van der Waals surface area contributed by atoms with Gasteiger partial charge in [0.2, 0.25) is 0 Å². The SMILES string of the molecule is CN1CCN(C(CNC(=O)C(=O)NC2CCCCC2)c2ccsc2)CC1. The summed E-state index contributed by atoms with van der Waals surface area (Å²) in [6.07, 6.45) is 5.47. The van der Waals surface area contributed by atoms with Crippen molar-refractivity contribution in [1.82, 2.24) is 20.4 Å². The minimum atomic E-state index is -0.509. The molecular formula is C19H30N4O2S. The maximum Gasteiger partial charge on any atom is 0.309 e. The first kappa shape index (κ1) is 19.3. The lowest BCUT2D eigenvalue weighted by molar-refractivity contribution is -0.139. The first-order valence-electron chi connectivity index (χ1n) is 9.67. The number of rotatable bonds is 5. The lowest BCUT2D eigenvalue weighted by Gasteiger charge is -2.37. The molecule has 2 heterocycles. The minimum Gasteiger partial charge on any atom is -0.346 e. The number of thiophene rings is 1. The number of nitrogens with one attached hydrogen (secondary N) is 2.